The summed E-state index contributed by atoms with van der Waals surface area (Å²) in [6.07, 6.45) is 8.08. The summed E-state index contributed by atoms with van der Waals surface area (Å²) < 4.78 is 5.64. The third-order valence-corrected chi connectivity index (χ3v) is 5.34. The van der Waals surface area contributed by atoms with E-state index in [1.54, 1.807) is 0 Å². The lowest BCUT2D eigenvalue weighted by Gasteiger charge is -2.29. The Labute approximate surface area is 147 Å². The van der Waals surface area contributed by atoms with Crippen LogP contribution in [0.5, 0.6) is 0 Å². The summed E-state index contributed by atoms with van der Waals surface area (Å²) in [5.41, 5.74) is 3.93. The molecule has 1 atom stereocenters. The third-order valence-electron chi connectivity index (χ3n) is 4.94. The molecule has 2 N–H and O–H groups in total. The van der Waals surface area contributed by atoms with Crippen molar-refractivity contribution in [3.63, 3.8) is 0 Å². The van der Waals surface area contributed by atoms with E-state index < -0.39 is 0 Å². The number of rotatable bonds is 3. The molecule has 2 aliphatic rings. The largest absolute Gasteiger partial charge is 0.376 e. The van der Waals surface area contributed by atoms with Gasteiger partial charge in [-0.05, 0) is 43.1 Å². The van der Waals surface area contributed by atoms with E-state index in [4.69, 9.17) is 17.0 Å². The van der Waals surface area contributed by atoms with E-state index in [9.17, 15) is 0 Å². The zero-order chi connectivity index (χ0) is 16.4. The van der Waals surface area contributed by atoms with Crippen molar-refractivity contribution < 1.29 is 4.74 Å². The van der Waals surface area contributed by atoms with Crippen LogP contribution in [-0.2, 0) is 4.74 Å². The molecule has 0 radical (unpaired) electrons. The van der Waals surface area contributed by atoms with Crippen molar-refractivity contribution in [3.8, 4) is 0 Å². The number of benzene rings is 1. The second-order valence-electron chi connectivity index (χ2n) is 6.49. The number of aromatic amines is 1. The molecule has 0 unspecified atom stereocenters. The van der Waals surface area contributed by atoms with Crippen LogP contribution in [0.15, 0.2) is 36.5 Å². The van der Waals surface area contributed by atoms with Crippen molar-refractivity contribution in [2.75, 3.05) is 26.2 Å². The van der Waals surface area contributed by atoms with Gasteiger partial charge in [0.2, 0.25) is 0 Å². The summed E-state index contributed by atoms with van der Waals surface area (Å²) in [6.45, 7) is 3.54. The highest BCUT2D eigenvalue weighted by molar-refractivity contribution is 7.80. The van der Waals surface area contributed by atoms with Gasteiger partial charge in [0.05, 0.1) is 6.10 Å². The first-order valence-corrected chi connectivity index (χ1v) is 9.12. The SMILES string of the molecule is S=C(NC[C@H]1CCCO1)N1CC=C(c2c[nH]c3ccccc23)CC1. The van der Waals surface area contributed by atoms with Gasteiger partial charge in [-0.1, -0.05) is 24.3 Å². The maximum atomic E-state index is 5.64. The summed E-state index contributed by atoms with van der Waals surface area (Å²) in [7, 11) is 0. The van der Waals surface area contributed by atoms with Gasteiger partial charge in [0.25, 0.3) is 0 Å². The van der Waals surface area contributed by atoms with Crippen molar-refractivity contribution in [2.45, 2.75) is 25.4 Å². The number of nitrogens with one attached hydrogen (secondary N) is 2. The minimum Gasteiger partial charge on any atom is -0.376 e. The third kappa shape index (κ3) is 3.19. The minimum absolute atomic E-state index is 0.324. The molecule has 1 aromatic carbocycles. The molecule has 126 valence electrons. The van der Waals surface area contributed by atoms with Gasteiger partial charge in [-0.15, -0.1) is 0 Å². The standard InChI is InChI=1S/C19H23N3OS/c24-19(21-12-15-4-3-11-23-15)22-9-7-14(8-10-22)17-13-20-18-6-2-1-5-16(17)18/h1-2,5-7,13,15,20H,3-4,8-12H2,(H,21,24)/t15-/m1/s1. The number of hydrogen-bond donors (Lipinski definition) is 2. The van der Waals surface area contributed by atoms with Crippen LogP contribution >= 0.6 is 12.2 Å². The zero-order valence-corrected chi connectivity index (χ0v) is 14.6. The molecule has 0 aliphatic carbocycles. The second kappa shape index (κ2) is 6.95. The molecule has 1 saturated heterocycles. The number of H-pyrrole nitrogens is 1. The highest BCUT2D eigenvalue weighted by Crippen LogP contribution is 2.29. The predicted molar refractivity (Wildman–Crippen MR) is 102 cm³/mol. The molecule has 4 nitrogen and oxygen atoms in total. The summed E-state index contributed by atoms with van der Waals surface area (Å²) in [6, 6.07) is 8.47. The monoisotopic (exact) mass is 341 g/mol. The maximum absolute atomic E-state index is 5.64. The Balaban J connectivity index is 1.38. The molecule has 0 saturated carbocycles. The van der Waals surface area contributed by atoms with Gasteiger partial charge >= 0.3 is 0 Å². The molecule has 0 spiro atoms. The molecule has 3 heterocycles. The van der Waals surface area contributed by atoms with Crippen molar-refractivity contribution in [2.24, 2.45) is 0 Å². The Morgan fingerprint density at radius 3 is 3.08 bits per heavy atom. The smallest absolute Gasteiger partial charge is 0.169 e. The summed E-state index contributed by atoms with van der Waals surface area (Å²) in [5, 5.41) is 5.52. The minimum atomic E-state index is 0.324. The van der Waals surface area contributed by atoms with E-state index in [1.807, 2.05) is 0 Å². The average Bonchev–Trinajstić information content (AvgIpc) is 3.29. The molecule has 4 rings (SSSR count). The molecular formula is C19H23N3OS. The van der Waals surface area contributed by atoms with E-state index in [0.29, 0.717) is 6.10 Å². The molecule has 1 fully saturated rings. The number of nitrogens with zero attached hydrogens (tertiary/aromatic N) is 1. The number of para-hydroxylation sites is 1. The van der Waals surface area contributed by atoms with Crippen molar-refractivity contribution in [1.82, 2.24) is 15.2 Å². The van der Waals surface area contributed by atoms with Gasteiger partial charge in [-0.25, -0.2) is 0 Å². The molecule has 2 aliphatic heterocycles. The van der Waals surface area contributed by atoms with Crippen LogP contribution < -0.4 is 5.32 Å². The molecular weight excluding hydrogens is 318 g/mol. The lowest BCUT2D eigenvalue weighted by Crippen LogP contribution is -2.44. The van der Waals surface area contributed by atoms with E-state index >= 15 is 0 Å². The molecule has 1 aromatic heterocycles. The van der Waals surface area contributed by atoms with Crippen molar-refractivity contribution in [1.29, 1.82) is 0 Å². The van der Waals surface area contributed by atoms with Crippen LogP contribution in [0.4, 0.5) is 0 Å². The second-order valence-corrected chi connectivity index (χ2v) is 6.88. The first-order chi connectivity index (χ1) is 11.8. The van der Waals surface area contributed by atoms with Gasteiger partial charge in [0, 0.05) is 48.9 Å². The molecule has 0 bridgehead atoms. The molecule has 2 aromatic rings. The molecule has 0 amide bonds. The Hall–Kier alpha value is -1.85. The van der Waals surface area contributed by atoms with Crippen molar-refractivity contribution in [3.05, 3.63) is 42.1 Å². The van der Waals surface area contributed by atoms with E-state index in [1.165, 1.54) is 28.5 Å². The number of thiocarbonyl (C=S) groups is 1. The van der Waals surface area contributed by atoms with E-state index in [-0.39, 0.29) is 0 Å². The fraction of sp³-hybridized carbons (Fsp3) is 0.421. The van der Waals surface area contributed by atoms with Crippen LogP contribution in [0.3, 0.4) is 0 Å². The van der Waals surface area contributed by atoms with Gasteiger partial charge in [0.1, 0.15) is 0 Å². The highest BCUT2D eigenvalue weighted by Gasteiger charge is 2.19. The Morgan fingerprint density at radius 1 is 1.38 bits per heavy atom. The Bertz CT molecular complexity index is 761. The lowest BCUT2D eigenvalue weighted by atomic mass is 9.99. The van der Waals surface area contributed by atoms with Gasteiger partial charge in [-0.3, -0.25) is 0 Å². The van der Waals surface area contributed by atoms with Crippen LogP contribution in [0, 0.1) is 0 Å². The average molecular weight is 341 g/mol. The topological polar surface area (TPSA) is 40.3 Å². The number of ether oxygens (including phenoxy) is 1. The number of aromatic nitrogens is 1. The summed E-state index contributed by atoms with van der Waals surface area (Å²) in [5.74, 6) is 0. The van der Waals surface area contributed by atoms with Crippen LogP contribution in [0.1, 0.15) is 24.8 Å². The first kappa shape index (κ1) is 15.7. The predicted octanol–water partition coefficient (Wildman–Crippen LogP) is 3.31. The normalized spacial score (nSPS) is 21.1. The van der Waals surface area contributed by atoms with Crippen LogP contribution in [-0.4, -0.2) is 47.3 Å². The van der Waals surface area contributed by atoms with Gasteiger partial charge < -0.3 is 19.9 Å². The number of hydrogen-bond acceptors (Lipinski definition) is 2. The van der Waals surface area contributed by atoms with Crippen LogP contribution in [0.2, 0.25) is 0 Å². The van der Waals surface area contributed by atoms with Crippen LogP contribution in [0.25, 0.3) is 16.5 Å². The van der Waals surface area contributed by atoms with E-state index in [2.05, 4.69) is 51.7 Å². The first-order valence-electron chi connectivity index (χ1n) is 8.71. The molecule has 24 heavy (non-hydrogen) atoms. The zero-order valence-electron chi connectivity index (χ0n) is 13.8. The van der Waals surface area contributed by atoms with Gasteiger partial charge in [-0.2, -0.15) is 0 Å². The maximum Gasteiger partial charge on any atom is 0.169 e. The molecule has 5 heteroatoms. The van der Waals surface area contributed by atoms with Crippen molar-refractivity contribution >= 4 is 33.8 Å². The quantitative estimate of drug-likeness (QED) is 0.841. The summed E-state index contributed by atoms with van der Waals surface area (Å²) >= 11 is 5.55. The number of fused-ring (bicyclic) bond motifs is 1. The highest BCUT2D eigenvalue weighted by atomic mass is 32.1. The lowest BCUT2D eigenvalue weighted by molar-refractivity contribution is 0.113. The Kier molecular flexibility index (Phi) is 4.54. The summed E-state index contributed by atoms with van der Waals surface area (Å²) in [4.78, 5) is 5.60. The Morgan fingerprint density at radius 2 is 2.29 bits per heavy atom. The van der Waals surface area contributed by atoms with E-state index in [0.717, 1.165) is 44.2 Å². The van der Waals surface area contributed by atoms with Gasteiger partial charge in [0.15, 0.2) is 5.11 Å². The fourth-order valence-electron chi connectivity index (χ4n) is 3.55. The fourth-order valence-corrected chi connectivity index (χ4v) is 3.80.